The summed E-state index contributed by atoms with van der Waals surface area (Å²) < 4.78 is 156. The van der Waals surface area contributed by atoms with Crippen LogP contribution in [0.5, 0.6) is 0 Å². The minimum Gasteiger partial charge on any atom is -0.418 e. The second kappa shape index (κ2) is 73.3. The number of benzene rings is 12. The van der Waals surface area contributed by atoms with Crippen molar-refractivity contribution in [2.75, 3.05) is 0 Å². The zero-order valence-corrected chi connectivity index (χ0v) is 86.0. The molecule has 0 aliphatic rings. The Labute approximate surface area is 841 Å². The van der Waals surface area contributed by atoms with E-state index in [0.29, 0.717) is 23.7 Å². The molecule has 0 heterocycles. The summed E-state index contributed by atoms with van der Waals surface area (Å²) in [5.41, 5.74) is 4.76. The van der Waals surface area contributed by atoms with Crippen LogP contribution in [0, 0.1) is 91.7 Å². The molecule has 0 aliphatic carbocycles. The van der Waals surface area contributed by atoms with Crippen molar-refractivity contribution in [3.05, 3.63) is 362 Å². The molecule has 10 nitrogen and oxygen atoms in total. The summed E-state index contributed by atoms with van der Waals surface area (Å²) >= 11 is 0. The largest absolute Gasteiger partial charge is 2.00 e. The van der Waals surface area contributed by atoms with E-state index in [1.54, 1.807) is 36.4 Å². The molecule has 0 amide bonds. The van der Waals surface area contributed by atoms with Gasteiger partial charge in [-0.25, -0.2) is 0 Å². The van der Waals surface area contributed by atoms with E-state index in [1.165, 1.54) is 127 Å². The third-order valence-corrected chi connectivity index (χ3v) is 29.7. The molecule has 0 unspecified atom stereocenters. The molecular weight excluding hydrogens is 1970 g/mol. The van der Waals surface area contributed by atoms with Gasteiger partial charge in [0.1, 0.15) is 63.7 Å². The summed E-state index contributed by atoms with van der Waals surface area (Å²) in [7, 11) is -28.9. The second-order valence-corrected chi connectivity index (χ2v) is 39.9. The van der Waals surface area contributed by atoms with Crippen LogP contribution in [0.4, 0.5) is 69.1 Å². The van der Waals surface area contributed by atoms with E-state index >= 15 is 0 Å². The van der Waals surface area contributed by atoms with Gasteiger partial charge in [0.05, 0.1) is 92.3 Å². The smallest absolute Gasteiger partial charge is 0.418 e. The average molecular weight is 2090 g/mol. The number of rotatable bonds is 26. The molecule has 736 valence electrons. The fraction of sp³-hybridized carbons (Fsp3) is 0.212. The van der Waals surface area contributed by atoms with E-state index < -0.39 is 60.7 Å². The summed E-state index contributed by atoms with van der Waals surface area (Å²) in [6, 6.07) is 134. The summed E-state index contributed by atoms with van der Waals surface area (Å²) in [6.45, 7) is 26.8. The predicted molar refractivity (Wildman–Crippen MR) is 560 cm³/mol. The zero-order chi connectivity index (χ0) is 104. The third kappa shape index (κ3) is 55.8. The molecule has 0 spiro atoms. The maximum Gasteiger partial charge on any atom is 2.00 e. The Morgan fingerprint density at radius 1 is 0.200 bits per heavy atom. The van der Waals surface area contributed by atoms with Gasteiger partial charge in [0.15, 0.2) is 0 Å². The Kier molecular flexibility index (Phi) is 68.2. The molecule has 4 atom stereocenters. The molecule has 12 rings (SSSR count). The van der Waals surface area contributed by atoms with E-state index in [2.05, 4.69) is 420 Å². The van der Waals surface area contributed by atoms with Gasteiger partial charge in [-0.1, -0.05) is 250 Å². The number of hydrogen-bond donors (Lipinski definition) is 0. The van der Waals surface area contributed by atoms with Crippen LogP contribution in [0.15, 0.2) is 360 Å². The van der Waals surface area contributed by atoms with Gasteiger partial charge in [0, 0.05) is 88.7 Å². The first-order valence-corrected chi connectivity index (χ1v) is 49.3. The fourth-order valence-corrected chi connectivity index (χ4v) is 24.2. The van der Waals surface area contributed by atoms with E-state index in [9.17, 15) is 69.1 Å². The summed E-state index contributed by atoms with van der Waals surface area (Å²) in [4.78, 5) is 21.6. The van der Waals surface area contributed by atoms with Gasteiger partial charge in [-0.05, 0) is 169 Å². The van der Waals surface area contributed by atoms with Gasteiger partial charge < -0.3 is 69.1 Å². The first-order valence-electron chi connectivity index (χ1n) is 43.3. The molecular formula is C104H114B4F16Fe2N10P4+4. The molecule has 36 heteroatoms. The molecule has 0 saturated heterocycles. The van der Waals surface area contributed by atoms with Crippen molar-refractivity contribution in [2.24, 2.45) is 43.6 Å². The van der Waals surface area contributed by atoms with E-state index in [0.717, 1.165) is 0 Å². The second-order valence-electron chi connectivity index (χ2n) is 30.1. The quantitative estimate of drug-likeness (QED) is 0.0224. The molecule has 140 heavy (non-hydrogen) atoms. The SMILES string of the molecule is CC#N.CC#N.CC#N.CC#N.CC#N.CC#N.CC(C)[C@H](N=Cc1ccccc1[PH+](c1ccccc1)c1ccccc1)[C@@H](N=Cc1ccccc1[PH+](c1ccccc1)c1ccccc1)C(C)C.CC(C)[C@H](N=Cc1ccccc1[PH+](c1ccccc1)c1ccccc1)[C@@H](N=Cc1ccccc1[PH+](c1ccccc1)c1ccccc1)C(C)C.F[B-](F)(F)F.F[B-](F)(F)F.F[B-](F)(F)F.F[B-](F)(F)F.[Fe+2].[Fe+2]. The maximum absolute atomic E-state index is 9.75. The normalized spacial score (nSPS) is 11.5. The summed E-state index contributed by atoms with van der Waals surface area (Å²) in [6.07, 6.45) is 8.56. The van der Waals surface area contributed by atoms with Gasteiger partial charge in [0.2, 0.25) is 0 Å². The molecule has 0 saturated carbocycles. The number of aliphatic imine (C=N–C) groups is 4. The van der Waals surface area contributed by atoms with Crippen LogP contribution in [0.1, 0.15) is 119 Å². The number of nitriles is 6. The van der Waals surface area contributed by atoms with Crippen molar-refractivity contribution in [3.8, 4) is 36.4 Å². The molecule has 0 bridgehead atoms. The van der Waals surface area contributed by atoms with Crippen LogP contribution in [-0.4, -0.2) is 78.0 Å². The Balaban J connectivity index is 0. The van der Waals surface area contributed by atoms with E-state index in [1.807, 2.05) is 0 Å². The topological polar surface area (TPSA) is 192 Å². The van der Waals surface area contributed by atoms with Gasteiger partial charge >= 0.3 is 63.2 Å². The van der Waals surface area contributed by atoms with Gasteiger partial charge in [0.25, 0.3) is 0 Å². The third-order valence-electron chi connectivity index (χ3n) is 18.4. The molecule has 12 aromatic rings. The molecule has 0 fully saturated rings. The molecule has 12 aromatic carbocycles. The molecule has 0 aliphatic heterocycles. The van der Waals surface area contributed by atoms with Crippen molar-refractivity contribution >= 4 is 149 Å². The van der Waals surface area contributed by atoms with Crippen LogP contribution >= 0.6 is 31.7 Å². The first kappa shape index (κ1) is 130. The minimum atomic E-state index is -6.00. The Morgan fingerprint density at radius 2 is 0.293 bits per heavy atom. The van der Waals surface area contributed by atoms with Crippen LogP contribution in [0.25, 0.3) is 0 Å². The van der Waals surface area contributed by atoms with Crippen molar-refractivity contribution < 1.29 is 103 Å². The standard InChI is InChI=1S/2C46H46N2P2.6C2H3N.4BF4.2Fe/c2*1-35(2)45(47-33-37-21-17-19-31-43(37)49(39-23-9-5-10-24-39)40-25-11-6-12-26-40)46(36(3)4)48-34-38-22-18-20-32-44(38)50(41-27-13-7-14-28-41)42-29-15-8-16-30-42;6*1-2-3;4*2-1(3,4)5;;/h2*5-36,45-46H,1-4H3;6*1H3;;;;;;/q;;;;;;;;4*-1;2*+2/p+4/t2*45-,46-;;;;;;;;;;;;/m00............/s1. The van der Waals surface area contributed by atoms with Crippen LogP contribution in [0.2, 0.25) is 0 Å². The molecule has 0 aromatic heterocycles. The summed E-state index contributed by atoms with van der Waals surface area (Å²) in [5.74, 6) is 1.28. The maximum atomic E-state index is 9.75. The number of hydrogen-bond acceptors (Lipinski definition) is 10. The Morgan fingerprint density at radius 3 is 0.393 bits per heavy atom. The van der Waals surface area contributed by atoms with Crippen molar-refractivity contribution in [2.45, 2.75) is 121 Å². The fourth-order valence-electron chi connectivity index (χ4n) is 13.4. The molecule has 0 radical (unpaired) electrons. The minimum absolute atomic E-state index is 0. The monoisotopic (exact) mass is 2090 g/mol. The van der Waals surface area contributed by atoms with Crippen LogP contribution in [-0.2, 0) is 34.1 Å². The molecule has 0 N–H and O–H groups in total. The van der Waals surface area contributed by atoms with Gasteiger partial charge in [-0.2, -0.15) is 31.6 Å². The van der Waals surface area contributed by atoms with Crippen LogP contribution < -0.4 is 63.7 Å². The zero-order valence-electron chi connectivity index (χ0n) is 79.8. The number of nitrogens with zero attached hydrogens (tertiary/aromatic N) is 10. The van der Waals surface area contributed by atoms with E-state index in [4.69, 9.17) is 51.5 Å². The Bertz CT molecular complexity index is 4840. The Hall–Kier alpha value is -11.8. The van der Waals surface area contributed by atoms with Gasteiger partial charge in [-0.3, -0.25) is 20.0 Å². The predicted octanol–water partition coefficient (Wildman–Crippen LogP) is 24.9. The van der Waals surface area contributed by atoms with Crippen LogP contribution in [0.3, 0.4) is 0 Å². The summed E-state index contributed by atoms with van der Waals surface area (Å²) in [5, 5.41) is 60.3. The van der Waals surface area contributed by atoms with Crippen molar-refractivity contribution in [1.82, 2.24) is 0 Å². The average Bonchev–Trinajstić information content (AvgIpc) is 0.812. The van der Waals surface area contributed by atoms with Crippen molar-refractivity contribution in [3.63, 3.8) is 0 Å². The first-order chi connectivity index (χ1) is 65.5. The number of halogens is 16. The van der Waals surface area contributed by atoms with Gasteiger partial charge in [-0.15, -0.1) is 0 Å². The van der Waals surface area contributed by atoms with Crippen molar-refractivity contribution in [1.29, 1.82) is 31.6 Å². The van der Waals surface area contributed by atoms with E-state index in [-0.39, 0.29) is 58.3 Å².